The zero-order valence-electron chi connectivity index (χ0n) is 12.4. The third-order valence-corrected chi connectivity index (χ3v) is 4.76. The van der Waals surface area contributed by atoms with Crippen LogP contribution in [0.15, 0.2) is 18.2 Å². The molecule has 20 heavy (non-hydrogen) atoms. The molecular weight excluding hydrogens is 250 g/mol. The van der Waals surface area contributed by atoms with E-state index in [1.54, 1.807) is 0 Å². The predicted octanol–water partition coefficient (Wildman–Crippen LogP) is 2.07. The number of fused-ring (bicyclic) bond motifs is 1. The highest BCUT2D eigenvalue weighted by Crippen LogP contribution is 2.26. The Morgan fingerprint density at radius 2 is 2.15 bits per heavy atom. The van der Waals surface area contributed by atoms with Gasteiger partial charge >= 0.3 is 0 Å². The molecule has 0 aromatic heterocycles. The van der Waals surface area contributed by atoms with Crippen molar-refractivity contribution in [2.75, 3.05) is 18.9 Å². The third kappa shape index (κ3) is 2.40. The summed E-state index contributed by atoms with van der Waals surface area (Å²) in [5, 5.41) is 6.49. The molecule has 4 heteroatoms. The first kappa shape index (κ1) is 13.4. The molecule has 1 saturated heterocycles. The van der Waals surface area contributed by atoms with Crippen molar-refractivity contribution < 1.29 is 4.79 Å². The summed E-state index contributed by atoms with van der Waals surface area (Å²) in [6.07, 6.45) is 1.14. The maximum absolute atomic E-state index is 11.7. The Balaban J connectivity index is 1.75. The Labute approximate surface area is 120 Å². The summed E-state index contributed by atoms with van der Waals surface area (Å²) in [6, 6.07) is 7.21. The van der Waals surface area contributed by atoms with Crippen molar-refractivity contribution in [3.05, 3.63) is 29.3 Å². The van der Waals surface area contributed by atoms with E-state index in [4.69, 9.17) is 0 Å². The molecule has 0 radical (unpaired) electrons. The molecule has 108 valence electrons. The highest BCUT2D eigenvalue weighted by Gasteiger charge is 2.29. The zero-order valence-corrected chi connectivity index (χ0v) is 12.4. The van der Waals surface area contributed by atoms with E-state index >= 15 is 0 Å². The van der Waals surface area contributed by atoms with Crippen molar-refractivity contribution in [2.24, 2.45) is 5.92 Å². The van der Waals surface area contributed by atoms with Crippen LogP contribution in [0.2, 0.25) is 0 Å². The second-order valence-electron chi connectivity index (χ2n) is 6.31. The van der Waals surface area contributed by atoms with E-state index in [2.05, 4.69) is 48.6 Å². The fraction of sp³-hybridized carbons (Fsp3) is 0.562. The molecule has 2 aliphatic rings. The van der Waals surface area contributed by atoms with Crippen LogP contribution in [0.1, 0.15) is 36.2 Å². The average Bonchev–Trinajstić information content (AvgIpc) is 2.78. The Morgan fingerprint density at radius 1 is 1.35 bits per heavy atom. The Bertz CT molecular complexity index is 528. The lowest BCUT2D eigenvalue weighted by atomic mass is 9.89. The van der Waals surface area contributed by atoms with Crippen LogP contribution in [-0.4, -0.2) is 36.5 Å². The molecule has 1 aromatic carbocycles. The number of nitrogens with one attached hydrogen (secondary N) is 2. The molecule has 0 aliphatic carbocycles. The van der Waals surface area contributed by atoms with Gasteiger partial charge in [0, 0.05) is 36.4 Å². The van der Waals surface area contributed by atoms with Gasteiger partial charge in [-0.25, -0.2) is 0 Å². The summed E-state index contributed by atoms with van der Waals surface area (Å²) >= 11 is 0. The minimum absolute atomic E-state index is 0.0495. The number of piperidine rings is 1. The van der Waals surface area contributed by atoms with Crippen LogP contribution in [0.4, 0.5) is 5.69 Å². The maximum atomic E-state index is 11.7. The van der Waals surface area contributed by atoms with E-state index in [9.17, 15) is 4.79 Å². The van der Waals surface area contributed by atoms with Gasteiger partial charge in [-0.2, -0.15) is 0 Å². The van der Waals surface area contributed by atoms with E-state index in [0.717, 1.165) is 29.8 Å². The summed E-state index contributed by atoms with van der Waals surface area (Å²) in [4.78, 5) is 14.1. The van der Waals surface area contributed by atoms with Crippen LogP contribution in [0.25, 0.3) is 0 Å². The lowest BCUT2D eigenvalue weighted by Gasteiger charge is -2.40. The van der Waals surface area contributed by atoms with Gasteiger partial charge in [0.25, 0.3) is 5.91 Å². The first-order chi connectivity index (χ1) is 9.54. The average molecular weight is 273 g/mol. The number of rotatable bonds is 2. The van der Waals surface area contributed by atoms with Gasteiger partial charge in [0.15, 0.2) is 0 Å². The van der Waals surface area contributed by atoms with Crippen LogP contribution < -0.4 is 10.6 Å². The topological polar surface area (TPSA) is 44.4 Å². The van der Waals surface area contributed by atoms with E-state index in [1.165, 1.54) is 0 Å². The second kappa shape index (κ2) is 5.09. The molecule has 3 rings (SSSR count). The SMILES string of the molecule is C[C@@H]1CN(C)[C@H](C)C[C@H]1Nc1ccc2c(c1)C(=O)NC2. The lowest BCUT2D eigenvalue weighted by molar-refractivity contribution is 0.0966. The molecule has 2 aliphatic heterocycles. The van der Waals surface area contributed by atoms with Crippen LogP contribution in [0.3, 0.4) is 0 Å². The Morgan fingerprint density at radius 3 is 2.95 bits per heavy atom. The minimum atomic E-state index is 0.0495. The van der Waals surface area contributed by atoms with Crippen LogP contribution >= 0.6 is 0 Å². The van der Waals surface area contributed by atoms with Crippen molar-refractivity contribution in [3.63, 3.8) is 0 Å². The standard InChI is InChI=1S/C16H23N3O/c1-10-9-19(3)11(2)6-15(10)18-13-5-4-12-8-17-16(20)14(12)7-13/h4-5,7,10-11,15,18H,6,8-9H2,1-3H3,(H,17,20)/t10-,11-,15-/m1/s1. The van der Waals surface area contributed by atoms with Gasteiger partial charge in [-0.1, -0.05) is 13.0 Å². The fourth-order valence-electron chi connectivity index (χ4n) is 3.26. The number of hydrogen-bond donors (Lipinski definition) is 2. The molecule has 0 saturated carbocycles. The number of carbonyl (C=O) groups is 1. The summed E-state index contributed by atoms with van der Waals surface area (Å²) in [5.74, 6) is 0.659. The summed E-state index contributed by atoms with van der Waals surface area (Å²) < 4.78 is 0. The zero-order chi connectivity index (χ0) is 14.3. The number of likely N-dealkylation sites (tertiary alicyclic amines) is 1. The molecule has 3 atom stereocenters. The number of nitrogens with zero attached hydrogens (tertiary/aromatic N) is 1. The number of amides is 1. The molecule has 0 spiro atoms. The molecular formula is C16H23N3O. The van der Waals surface area contributed by atoms with Gasteiger partial charge in [-0.15, -0.1) is 0 Å². The number of hydrogen-bond acceptors (Lipinski definition) is 3. The van der Waals surface area contributed by atoms with E-state index in [0.29, 0.717) is 24.5 Å². The fourth-order valence-corrected chi connectivity index (χ4v) is 3.26. The molecule has 2 N–H and O–H groups in total. The second-order valence-corrected chi connectivity index (χ2v) is 6.31. The summed E-state index contributed by atoms with van der Waals surface area (Å²) in [5.41, 5.74) is 2.99. The van der Waals surface area contributed by atoms with Gasteiger partial charge in [0.1, 0.15) is 0 Å². The first-order valence-corrected chi connectivity index (χ1v) is 7.42. The van der Waals surface area contributed by atoms with Gasteiger partial charge in [-0.3, -0.25) is 4.79 Å². The highest BCUT2D eigenvalue weighted by atomic mass is 16.1. The Hall–Kier alpha value is -1.55. The van der Waals surface area contributed by atoms with Gasteiger partial charge < -0.3 is 15.5 Å². The van der Waals surface area contributed by atoms with Crippen LogP contribution in [0.5, 0.6) is 0 Å². The van der Waals surface area contributed by atoms with Crippen molar-refractivity contribution >= 4 is 11.6 Å². The lowest BCUT2D eigenvalue weighted by Crippen LogP contribution is -2.48. The van der Waals surface area contributed by atoms with Crippen molar-refractivity contribution in [1.29, 1.82) is 0 Å². The summed E-state index contributed by atoms with van der Waals surface area (Å²) in [6.45, 7) is 6.34. The van der Waals surface area contributed by atoms with E-state index in [1.807, 2.05) is 6.07 Å². The molecule has 1 amide bonds. The molecule has 1 aromatic rings. The largest absolute Gasteiger partial charge is 0.382 e. The van der Waals surface area contributed by atoms with Crippen LogP contribution in [0, 0.1) is 5.92 Å². The normalized spacial score (nSPS) is 29.9. The highest BCUT2D eigenvalue weighted by molar-refractivity contribution is 5.99. The van der Waals surface area contributed by atoms with Crippen molar-refractivity contribution in [3.8, 4) is 0 Å². The number of anilines is 1. The van der Waals surface area contributed by atoms with E-state index in [-0.39, 0.29) is 5.91 Å². The molecule has 4 nitrogen and oxygen atoms in total. The third-order valence-electron chi connectivity index (χ3n) is 4.76. The van der Waals surface area contributed by atoms with Crippen molar-refractivity contribution in [1.82, 2.24) is 10.2 Å². The summed E-state index contributed by atoms with van der Waals surface area (Å²) in [7, 11) is 2.19. The van der Waals surface area contributed by atoms with Gasteiger partial charge in [0.2, 0.25) is 0 Å². The molecule has 0 bridgehead atoms. The van der Waals surface area contributed by atoms with Gasteiger partial charge in [-0.05, 0) is 44.0 Å². The maximum Gasteiger partial charge on any atom is 0.251 e. The van der Waals surface area contributed by atoms with E-state index < -0.39 is 0 Å². The minimum Gasteiger partial charge on any atom is -0.382 e. The molecule has 0 unspecified atom stereocenters. The quantitative estimate of drug-likeness (QED) is 0.867. The number of carbonyl (C=O) groups excluding carboxylic acids is 1. The molecule has 2 heterocycles. The molecule has 1 fully saturated rings. The van der Waals surface area contributed by atoms with Crippen molar-refractivity contribution in [2.45, 2.75) is 38.9 Å². The predicted molar refractivity (Wildman–Crippen MR) is 80.9 cm³/mol. The Kier molecular flexibility index (Phi) is 3.42. The smallest absolute Gasteiger partial charge is 0.251 e. The van der Waals surface area contributed by atoms with Gasteiger partial charge in [0.05, 0.1) is 0 Å². The van der Waals surface area contributed by atoms with Crippen LogP contribution in [-0.2, 0) is 6.54 Å². The number of benzene rings is 1. The first-order valence-electron chi connectivity index (χ1n) is 7.42. The monoisotopic (exact) mass is 273 g/mol.